The first-order valence-electron chi connectivity index (χ1n) is 4.47. The number of aromatic nitrogens is 1. The van der Waals surface area contributed by atoms with Crippen LogP contribution in [0.5, 0.6) is 0 Å². The van der Waals surface area contributed by atoms with Crippen molar-refractivity contribution in [3.63, 3.8) is 0 Å². The minimum atomic E-state index is -3.54. The predicted molar refractivity (Wildman–Crippen MR) is 61.5 cm³/mol. The molecule has 0 saturated carbocycles. The number of benzene rings is 1. The summed E-state index contributed by atoms with van der Waals surface area (Å²) in [6, 6.07) is 5.37. The Bertz CT molecular complexity index is 633. The van der Waals surface area contributed by atoms with Gasteiger partial charge in [0.2, 0.25) is 9.84 Å². The van der Waals surface area contributed by atoms with Crippen LogP contribution in [0.4, 0.5) is 5.69 Å². The van der Waals surface area contributed by atoms with Gasteiger partial charge in [0, 0.05) is 12.1 Å². The molecule has 0 saturated heterocycles. The Labute approximate surface area is 101 Å². The molecule has 8 heteroatoms. The van der Waals surface area contributed by atoms with Crippen LogP contribution in [-0.4, -0.2) is 18.3 Å². The Kier molecular flexibility index (Phi) is 2.90. The van der Waals surface area contributed by atoms with Crippen LogP contribution in [0.15, 0.2) is 45.1 Å². The first-order valence-corrected chi connectivity index (χ1v) is 6.84. The summed E-state index contributed by atoms with van der Waals surface area (Å²) in [4.78, 5) is 14.8. The van der Waals surface area contributed by atoms with Gasteiger partial charge in [-0.25, -0.2) is 8.42 Å². The Morgan fingerprint density at radius 2 is 1.88 bits per heavy atom. The third-order valence-electron chi connectivity index (χ3n) is 2.08. The van der Waals surface area contributed by atoms with E-state index >= 15 is 0 Å². The summed E-state index contributed by atoms with van der Waals surface area (Å²) in [5, 5.41) is 0. The molecule has 1 heterocycles. The standard InChI is InChI=1S/C9H8N3O3S2/c10-12(13)7-1-3-8(4-2-7)17(14,15)9-5-11-6-16-9/h1-6H,(H2,10,13)/q+1. The number of sulfone groups is 1. The summed E-state index contributed by atoms with van der Waals surface area (Å²) < 4.78 is 24.2. The van der Waals surface area contributed by atoms with Gasteiger partial charge in [-0.2, -0.15) is 5.84 Å². The quantitative estimate of drug-likeness (QED) is 0.515. The van der Waals surface area contributed by atoms with Gasteiger partial charge in [0.15, 0.2) is 4.87 Å². The van der Waals surface area contributed by atoms with E-state index in [-0.39, 0.29) is 19.7 Å². The molecule has 0 aliphatic heterocycles. The number of nitrogens with two attached hydrogens (primary N) is 1. The van der Waals surface area contributed by atoms with E-state index in [0.717, 1.165) is 11.3 Å². The van der Waals surface area contributed by atoms with Crippen LogP contribution < -0.4 is 5.84 Å². The number of hydrazine groups is 1. The van der Waals surface area contributed by atoms with Crippen molar-refractivity contribution in [1.29, 1.82) is 0 Å². The van der Waals surface area contributed by atoms with Crippen molar-refractivity contribution in [2.45, 2.75) is 9.10 Å². The molecule has 1 aromatic heterocycles. The van der Waals surface area contributed by atoms with Gasteiger partial charge < -0.3 is 0 Å². The summed E-state index contributed by atoms with van der Waals surface area (Å²) in [5.74, 6) is 4.99. The van der Waals surface area contributed by atoms with Crippen LogP contribution in [-0.2, 0) is 9.84 Å². The van der Waals surface area contributed by atoms with Crippen molar-refractivity contribution in [2.75, 3.05) is 0 Å². The summed E-state index contributed by atoms with van der Waals surface area (Å²) in [5.41, 5.74) is 1.63. The van der Waals surface area contributed by atoms with Crippen molar-refractivity contribution in [1.82, 2.24) is 4.98 Å². The summed E-state index contributed by atoms with van der Waals surface area (Å²) in [6.07, 6.45) is 1.29. The Morgan fingerprint density at radius 1 is 1.24 bits per heavy atom. The van der Waals surface area contributed by atoms with Crippen molar-refractivity contribution in [3.8, 4) is 0 Å². The molecule has 0 unspecified atom stereocenters. The largest absolute Gasteiger partial charge is 0.291 e. The zero-order valence-electron chi connectivity index (χ0n) is 8.48. The molecule has 2 rings (SSSR count). The Balaban J connectivity index is 2.45. The van der Waals surface area contributed by atoms with E-state index in [1.165, 1.54) is 36.0 Å². The minimum absolute atomic E-state index is 0.104. The van der Waals surface area contributed by atoms with Crippen molar-refractivity contribution in [2.24, 2.45) is 5.84 Å². The molecule has 0 fully saturated rings. The third-order valence-corrected chi connectivity index (χ3v) is 5.12. The summed E-state index contributed by atoms with van der Waals surface area (Å²) in [6.45, 7) is 0. The van der Waals surface area contributed by atoms with E-state index < -0.39 is 9.84 Å². The van der Waals surface area contributed by atoms with Gasteiger partial charge in [0.1, 0.15) is 4.21 Å². The normalized spacial score (nSPS) is 11.3. The average molecular weight is 270 g/mol. The number of nitroso groups, excluding NO2 is 1. The number of hydrogen-bond acceptors (Lipinski definition) is 5. The first kappa shape index (κ1) is 11.7. The molecule has 0 aliphatic carbocycles. The van der Waals surface area contributed by atoms with Gasteiger partial charge in [-0.3, -0.25) is 4.98 Å². The average Bonchev–Trinajstić information content (AvgIpc) is 2.83. The molecule has 0 bridgehead atoms. The van der Waals surface area contributed by atoms with Crippen LogP contribution >= 0.6 is 11.3 Å². The lowest BCUT2D eigenvalue weighted by Gasteiger charge is -1.99. The molecule has 0 amide bonds. The highest BCUT2D eigenvalue weighted by molar-refractivity contribution is 7.93. The smallest absolute Gasteiger partial charge is 0.252 e. The molecule has 2 N–H and O–H groups in total. The second kappa shape index (κ2) is 4.22. The summed E-state index contributed by atoms with van der Waals surface area (Å²) in [7, 11) is -3.54. The van der Waals surface area contributed by atoms with Gasteiger partial charge in [-0.05, 0) is 12.1 Å². The molecular weight excluding hydrogens is 262 g/mol. The molecule has 0 atom stereocenters. The Morgan fingerprint density at radius 3 is 2.35 bits per heavy atom. The second-order valence-electron chi connectivity index (χ2n) is 3.14. The maximum absolute atomic E-state index is 12.0. The molecular formula is C9H8N3O3S2+. The Hall–Kier alpha value is -1.80. The van der Waals surface area contributed by atoms with Gasteiger partial charge >= 0.3 is 0 Å². The lowest BCUT2D eigenvalue weighted by atomic mass is 10.3. The zero-order valence-corrected chi connectivity index (χ0v) is 10.1. The minimum Gasteiger partial charge on any atom is -0.252 e. The lowest BCUT2D eigenvalue weighted by molar-refractivity contribution is -0.474. The maximum atomic E-state index is 12.0. The fourth-order valence-electron chi connectivity index (χ4n) is 1.23. The third kappa shape index (κ3) is 2.17. The van der Waals surface area contributed by atoms with E-state index in [1.54, 1.807) is 0 Å². The zero-order chi connectivity index (χ0) is 12.5. The van der Waals surface area contributed by atoms with Gasteiger partial charge in [-0.15, -0.1) is 11.3 Å². The number of hydrogen-bond donors (Lipinski definition) is 1. The first-order chi connectivity index (χ1) is 8.01. The lowest BCUT2D eigenvalue weighted by Crippen LogP contribution is -2.09. The molecule has 1 aromatic carbocycles. The van der Waals surface area contributed by atoms with Crippen molar-refractivity contribution in [3.05, 3.63) is 40.9 Å². The van der Waals surface area contributed by atoms with Crippen LogP contribution in [0, 0.1) is 4.91 Å². The molecule has 0 radical (unpaired) electrons. The highest BCUT2D eigenvalue weighted by atomic mass is 32.2. The molecule has 6 nitrogen and oxygen atoms in total. The predicted octanol–water partition coefficient (Wildman–Crippen LogP) is 1.26. The molecule has 0 spiro atoms. The molecule has 2 aromatic rings. The van der Waals surface area contributed by atoms with E-state index in [9.17, 15) is 13.3 Å². The van der Waals surface area contributed by atoms with E-state index in [0.29, 0.717) is 0 Å². The van der Waals surface area contributed by atoms with E-state index in [2.05, 4.69) is 4.98 Å². The highest BCUT2D eigenvalue weighted by Gasteiger charge is 2.20. The fourth-order valence-corrected chi connectivity index (χ4v) is 3.42. The highest BCUT2D eigenvalue weighted by Crippen LogP contribution is 2.24. The van der Waals surface area contributed by atoms with Gasteiger partial charge in [0.25, 0.3) is 5.69 Å². The fraction of sp³-hybridized carbons (Fsp3) is 0. The van der Waals surface area contributed by atoms with E-state index in [1.807, 2.05) is 0 Å². The van der Waals surface area contributed by atoms with Gasteiger partial charge in [0.05, 0.1) is 21.5 Å². The van der Waals surface area contributed by atoms with Crippen LogP contribution in [0.1, 0.15) is 0 Å². The van der Waals surface area contributed by atoms with Crippen molar-refractivity contribution < 1.29 is 13.3 Å². The summed E-state index contributed by atoms with van der Waals surface area (Å²) >= 11 is 1.04. The maximum Gasteiger partial charge on any atom is 0.291 e. The number of nitrogens with zero attached hydrogens (tertiary/aromatic N) is 2. The number of rotatable bonds is 3. The van der Waals surface area contributed by atoms with Crippen molar-refractivity contribution >= 4 is 26.9 Å². The van der Waals surface area contributed by atoms with Crippen LogP contribution in [0.2, 0.25) is 0 Å². The monoisotopic (exact) mass is 270 g/mol. The van der Waals surface area contributed by atoms with Crippen LogP contribution in [0.3, 0.4) is 0 Å². The molecule has 0 aliphatic rings. The van der Waals surface area contributed by atoms with Gasteiger partial charge in [-0.1, -0.05) is 0 Å². The molecule has 17 heavy (non-hydrogen) atoms. The number of thiazole rings is 1. The molecule has 88 valence electrons. The van der Waals surface area contributed by atoms with Crippen LogP contribution in [0.25, 0.3) is 0 Å². The second-order valence-corrected chi connectivity index (χ2v) is 6.21. The topological polar surface area (TPSA) is 93.1 Å². The van der Waals surface area contributed by atoms with E-state index in [4.69, 9.17) is 5.84 Å². The SMILES string of the molecule is N[N+](=O)c1ccc(S(=O)(=O)c2cncs2)cc1.